The molecule has 0 spiro atoms. The quantitative estimate of drug-likeness (QED) is 0.881. The molecule has 0 saturated heterocycles. The Morgan fingerprint density at radius 2 is 2.19 bits per heavy atom. The maximum atomic E-state index is 12.1. The lowest BCUT2D eigenvalue weighted by atomic mass is 10.1. The molecule has 2 rings (SSSR count). The minimum Gasteiger partial charge on any atom is -0.480 e. The molecule has 21 heavy (non-hydrogen) atoms. The van der Waals surface area contributed by atoms with Crippen LogP contribution in [0.5, 0.6) is 5.75 Å². The predicted octanol–water partition coefficient (Wildman–Crippen LogP) is 1.04. The van der Waals surface area contributed by atoms with E-state index in [0.717, 1.165) is 30.7 Å². The summed E-state index contributed by atoms with van der Waals surface area (Å²) in [5.41, 5.74) is 1.70. The molecule has 0 bridgehead atoms. The summed E-state index contributed by atoms with van der Waals surface area (Å²) in [6, 6.07) is 0. The van der Waals surface area contributed by atoms with Crippen LogP contribution in [-0.2, 0) is 11.8 Å². The van der Waals surface area contributed by atoms with Gasteiger partial charge in [0.25, 0.3) is 5.91 Å². The number of carbonyl (C=O) groups is 1. The number of aliphatic hydroxyl groups excluding tert-OH is 1. The van der Waals surface area contributed by atoms with Crippen molar-refractivity contribution in [2.24, 2.45) is 13.0 Å². The highest BCUT2D eigenvalue weighted by molar-refractivity contribution is 5.77. The highest BCUT2D eigenvalue weighted by Gasteiger charge is 2.27. The van der Waals surface area contributed by atoms with Crippen LogP contribution in [-0.4, -0.2) is 52.0 Å². The van der Waals surface area contributed by atoms with Gasteiger partial charge in [0.15, 0.2) is 12.4 Å². The fourth-order valence-electron chi connectivity index (χ4n) is 2.89. The standard InChI is InChI=1S/C15H25N3O3/c1-10-15(11(2)18(4)16-10)21-9-14(20)17(3)8-12-6-5-7-13(12)19/h12-13,19H,5-9H2,1-4H3. The Bertz CT molecular complexity index is 513. The van der Waals surface area contributed by atoms with E-state index in [1.807, 2.05) is 20.9 Å². The zero-order valence-electron chi connectivity index (χ0n) is 13.3. The number of likely N-dealkylation sites (N-methyl/N-ethyl adjacent to an activating group) is 1. The van der Waals surface area contributed by atoms with Gasteiger partial charge >= 0.3 is 0 Å². The van der Waals surface area contributed by atoms with Gasteiger partial charge in [0.2, 0.25) is 0 Å². The Morgan fingerprint density at radius 1 is 1.48 bits per heavy atom. The smallest absolute Gasteiger partial charge is 0.260 e. The van der Waals surface area contributed by atoms with E-state index >= 15 is 0 Å². The molecule has 2 unspecified atom stereocenters. The topological polar surface area (TPSA) is 67.6 Å². The number of aliphatic hydroxyl groups is 1. The van der Waals surface area contributed by atoms with Crippen LogP contribution in [0.4, 0.5) is 0 Å². The molecule has 1 amide bonds. The first-order valence-corrected chi connectivity index (χ1v) is 7.45. The van der Waals surface area contributed by atoms with Crippen LogP contribution in [0.2, 0.25) is 0 Å². The summed E-state index contributed by atoms with van der Waals surface area (Å²) < 4.78 is 7.37. The number of nitrogens with zero attached hydrogens (tertiary/aromatic N) is 3. The summed E-state index contributed by atoms with van der Waals surface area (Å²) in [6.45, 7) is 4.38. The van der Waals surface area contributed by atoms with Gasteiger partial charge in [0.05, 0.1) is 11.8 Å². The van der Waals surface area contributed by atoms with E-state index in [4.69, 9.17) is 4.74 Å². The Balaban J connectivity index is 1.86. The highest BCUT2D eigenvalue weighted by atomic mass is 16.5. The lowest BCUT2D eigenvalue weighted by molar-refractivity contribution is -0.133. The molecule has 1 aromatic heterocycles. The molecule has 118 valence electrons. The Hall–Kier alpha value is -1.56. The van der Waals surface area contributed by atoms with Crippen molar-refractivity contribution in [2.45, 2.75) is 39.2 Å². The van der Waals surface area contributed by atoms with Gasteiger partial charge < -0.3 is 14.7 Å². The summed E-state index contributed by atoms with van der Waals surface area (Å²) in [5.74, 6) is 0.803. The molecule has 0 aromatic carbocycles. The van der Waals surface area contributed by atoms with Gasteiger partial charge in [-0.2, -0.15) is 5.10 Å². The third-order valence-corrected chi connectivity index (χ3v) is 4.34. The minimum absolute atomic E-state index is 0.00664. The molecule has 1 saturated carbocycles. The third-order valence-electron chi connectivity index (χ3n) is 4.34. The summed E-state index contributed by atoms with van der Waals surface area (Å²) >= 11 is 0. The Kier molecular flexibility index (Phi) is 4.88. The second-order valence-corrected chi connectivity index (χ2v) is 5.94. The number of aryl methyl sites for hydroxylation is 2. The van der Waals surface area contributed by atoms with Crippen LogP contribution in [0.25, 0.3) is 0 Å². The first-order valence-electron chi connectivity index (χ1n) is 7.45. The van der Waals surface area contributed by atoms with E-state index in [1.165, 1.54) is 0 Å². The van der Waals surface area contributed by atoms with Gasteiger partial charge in [-0.1, -0.05) is 6.42 Å². The Morgan fingerprint density at radius 3 is 2.71 bits per heavy atom. The van der Waals surface area contributed by atoms with Crippen molar-refractivity contribution >= 4 is 5.91 Å². The zero-order valence-corrected chi connectivity index (χ0v) is 13.3. The van der Waals surface area contributed by atoms with Crippen molar-refractivity contribution in [3.05, 3.63) is 11.4 Å². The van der Waals surface area contributed by atoms with Crippen LogP contribution in [0.3, 0.4) is 0 Å². The largest absolute Gasteiger partial charge is 0.480 e. The minimum atomic E-state index is -0.274. The predicted molar refractivity (Wildman–Crippen MR) is 79.2 cm³/mol. The van der Waals surface area contributed by atoms with Crippen LogP contribution >= 0.6 is 0 Å². The number of carbonyl (C=O) groups excluding carboxylic acids is 1. The van der Waals surface area contributed by atoms with Crippen molar-refractivity contribution < 1.29 is 14.6 Å². The molecule has 1 aliphatic carbocycles. The number of amides is 1. The molecular formula is C15H25N3O3. The lowest BCUT2D eigenvalue weighted by Gasteiger charge is -2.23. The third kappa shape index (κ3) is 3.56. The number of rotatable bonds is 5. The van der Waals surface area contributed by atoms with E-state index < -0.39 is 0 Å². The van der Waals surface area contributed by atoms with E-state index in [-0.39, 0.29) is 24.5 Å². The Labute approximate surface area is 125 Å². The molecule has 6 nitrogen and oxygen atoms in total. The molecule has 1 fully saturated rings. The molecule has 0 aliphatic heterocycles. The number of hydrogen-bond donors (Lipinski definition) is 1. The van der Waals surface area contributed by atoms with Gasteiger partial charge in [-0.25, -0.2) is 0 Å². The zero-order chi connectivity index (χ0) is 15.6. The molecule has 1 N–H and O–H groups in total. The second-order valence-electron chi connectivity index (χ2n) is 5.94. The normalized spacial score (nSPS) is 21.6. The van der Waals surface area contributed by atoms with Gasteiger partial charge in [0, 0.05) is 26.6 Å². The van der Waals surface area contributed by atoms with Crippen LogP contribution in [0.1, 0.15) is 30.7 Å². The fraction of sp³-hybridized carbons (Fsp3) is 0.733. The van der Waals surface area contributed by atoms with E-state index in [2.05, 4.69) is 5.10 Å². The summed E-state index contributed by atoms with van der Waals surface area (Å²) in [4.78, 5) is 13.8. The molecule has 6 heteroatoms. The van der Waals surface area contributed by atoms with Crippen LogP contribution < -0.4 is 4.74 Å². The van der Waals surface area contributed by atoms with Crippen molar-refractivity contribution in [3.8, 4) is 5.75 Å². The average Bonchev–Trinajstić information content (AvgIpc) is 2.93. The molecule has 1 aromatic rings. The van der Waals surface area contributed by atoms with E-state index in [0.29, 0.717) is 12.3 Å². The monoisotopic (exact) mass is 295 g/mol. The summed E-state index contributed by atoms with van der Waals surface area (Å²) in [7, 11) is 3.62. The average molecular weight is 295 g/mol. The number of hydrogen-bond acceptors (Lipinski definition) is 4. The summed E-state index contributed by atoms with van der Waals surface area (Å²) in [5, 5.41) is 14.1. The first-order chi connectivity index (χ1) is 9.90. The lowest BCUT2D eigenvalue weighted by Crippen LogP contribution is -2.37. The number of aromatic nitrogens is 2. The van der Waals surface area contributed by atoms with Crippen molar-refractivity contribution in [1.29, 1.82) is 0 Å². The molecule has 1 heterocycles. The molecule has 2 atom stereocenters. The molecular weight excluding hydrogens is 270 g/mol. The van der Waals surface area contributed by atoms with Crippen molar-refractivity contribution in [1.82, 2.24) is 14.7 Å². The SMILES string of the molecule is Cc1nn(C)c(C)c1OCC(=O)N(C)CC1CCCC1O. The van der Waals surface area contributed by atoms with Gasteiger partial charge in [-0.05, 0) is 26.7 Å². The number of ether oxygens (including phenoxy) is 1. The maximum absolute atomic E-state index is 12.1. The maximum Gasteiger partial charge on any atom is 0.260 e. The van der Waals surface area contributed by atoms with Gasteiger partial charge in [0.1, 0.15) is 5.69 Å². The highest BCUT2D eigenvalue weighted by Crippen LogP contribution is 2.26. The van der Waals surface area contributed by atoms with Crippen molar-refractivity contribution in [2.75, 3.05) is 20.2 Å². The molecule has 0 radical (unpaired) electrons. The van der Waals surface area contributed by atoms with E-state index in [1.54, 1.807) is 16.6 Å². The van der Waals surface area contributed by atoms with Gasteiger partial charge in [-0.3, -0.25) is 9.48 Å². The second kappa shape index (κ2) is 6.47. The summed E-state index contributed by atoms with van der Waals surface area (Å²) in [6.07, 6.45) is 2.60. The van der Waals surface area contributed by atoms with Crippen molar-refractivity contribution in [3.63, 3.8) is 0 Å². The van der Waals surface area contributed by atoms with Crippen LogP contribution in [0, 0.1) is 19.8 Å². The van der Waals surface area contributed by atoms with Crippen LogP contribution in [0.15, 0.2) is 0 Å². The first kappa shape index (κ1) is 15.8. The van der Waals surface area contributed by atoms with E-state index in [9.17, 15) is 9.90 Å². The molecule has 1 aliphatic rings. The fourth-order valence-corrected chi connectivity index (χ4v) is 2.89. The van der Waals surface area contributed by atoms with Gasteiger partial charge in [-0.15, -0.1) is 0 Å².